The quantitative estimate of drug-likeness (QED) is 0.795. The molecule has 106 valence electrons. The van der Waals surface area contributed by atoms with Gasteiger partial charge < -0.3 is 15.3 Å². The van der Waals surface area contributed by atoms with E-state index < -0.39 is 0 Å². The minimum Gasteiger partial charge on any atom is -0.395 e. The summed E-state index contributed by atoms with van der Waals surface area (Å²) in [6.07, 6.45) is 3.58. The first-order valence-electron chi connectivity index (χ1n) is 7.13. The lowest BCUT2D eigenvalue weighted by atomic mass is 9.90. The second kappa shape index (κ2) is 6.87. The van der Waals surface area contributed by atoms with Crippen LogP contribution >= 0.6 is 0 Å². The first-order chi connectivity index (χ1) is 9.26. The lowest BCUT2D eigenvalue weighted by molar-refractivity contribution is 0.283. The Morgan fingerprint density at radius 1 is 1.42 bits per heavy atom. The van der Waals surface area contributed by atoms with E-state index >= 15 is 0 Å². The summed E-state index contributed by atoms with van der Waals surface area (Å²) >= 11 is 0. The zero-order valence-electron chi connectivity index (χ0n) is 11.5. The molecule has 1 fully saturated rings. The fraction of sp³-hybridized carbons (Fsp3) is 0.600. The predicted molar refractivity (Wildman–Crippen MR) is 75.9 cm³/mol. The SMILES string of the molecule is CCNCc1cc(F)ccc1N(CCO)C1CCC1. The maximum Gasteiger partial charge on any atom is 0.123 e. The molecule has 0 aliphatic heterocycles. The zero-order chi connectivity index (χ0) is 13.7. The largest absolute Gasteiger partial charge is 0.395 e. The average molecular weight is 266 g/mol. The third-order valence-electron chi connectivity index (χ3n) is 3.77. The van der Waals surface area contributed by atoms with E-state index in [0.29, 0.717) is 19.1 Å². The van der Waals surface area contributed by atoms with Crippen LogP contribution in [0.15, 0.2) is 18.2 Å². The number of nitrogens with one attached hydrogen (secondary N) is 1. The van der Waals surface area contributed by atoms with Crippen LogP contribution in [0.25, 0.3) is 0 Å². The molecule has 4 heteroatoms. The third kappa shape index (κ3) is 3.45. The van der Waals surface area contributed by atoms with Gasteiger partial charge in [-0.05, 0) is 49.6 Å². The van der Waals surface area contributed by atoms with Crippen LogP contribution in [-0.2, 0) is 6.54 Å². The number of benzene rings is 1. The molecule has 1 saturated carbocycles. The molecular formula is C15H23FN2O. The van der Waals surface area contributed by atoms with Crippen molar-refractivity contribution in [1.82, 2.24) is 5.32 Å². The molecule has 0 heterocycles. The summed E-state index contributed by atoms with van der Waals surface area (Å²) in [5.41, 5.74) is 2.03. The first-order valence-corrected chi connectivity index (χ1v) is 7.13. The average Bonchev–Trinajstić information content (AvgIpc) is 2.34. The first kappa shape index (κ1) is 14.3. The van der Waals surface area contributed by atoms with Gasteiger partial charge in [0.2, 0.25) is 0 Å². The van der Waals surface area contributed by atoms with Gasteiger partial charge >= 0.3 is 0 Å². The molecule has 1 aliphatic rings. The second-order valence-electron chi connectivity index (χ2n) is 5.06. The number of anilines is 1. The molecule has 0 saturated heterocycles. The molecular weight excluding hydrogens is 243 g/mol. The van der Waals surface area contributed by atoms with E-state index in [4.69, 9.17) is 0 Å². The van der Waals surface area contributed by atoms with Gasteiger partial charge in [-0.2, -0.15) is 0 Å². The summed E-state index contributed by atoms with van der Waals surface area (Å²) in [4.78, 5) is 2.23. The Morgan fingerprint density at radius 2 is 2.21 bits per heavy atom. The van der Waals surface area contributed by atoms with Crippen molar-refractivity contribution < 1.29 is 9.50 Å². The monoisotopic (exact) mass is 266 g/mol. The lowest BCUT2D eigenvalue weighted by Crippen LogP contribution is -2.42. The van der Waals surface area contributed by atoms with Crippen LogP contribution < -0.4 is 10.2 Å². The highest BCUT2D eigenvalue weighted by Crippen LogP contribution is 2.31. The van der Waals surface area contributed by atoms with Gasteiger partial charge in [-0.15, -0.1) is 0 Å². The molecule has 2 rings (SSSR count). The van der Waals surface area contributed by atoms with Gasteiger partial charge in [0.05, 0.1) is 6.61 Å². The van der Waals surface area contributed by atoms with E-state index in [1.54, 1.807) is 6.07 Å². The van der Waals surface area contributed by atoms with Crippen molar-refractivity contribution in [3.05, 3.63) is 29.6 Å². The van der Waals surface area contributed by atoms with Crippen LogP contribution in [-0.4, -0.2) is 30.8 Å². The van der Waals surface area contributed by atoms with Crippen LogP contribution in [0.2, 0.25) is 0 Å². The molecule has 0 spiro atoms. The maximum absolute atomic E-state index is 13.4. The van der Waals surface area contributed by atoms with Crippen LogP contribution in [0.1, 0.15) is 31.7 Å². The van der Waals surface area contributed by atoms with E-state index in [2.05, 4.69) is 10.2 Å². The van der Waals surface area contributed by atoms with Crippen molar-refractivity contribution in [3.63, 3.8) is 0 Å². The minimum absolute atomic E-state index is 0.133. The van der Waals surface area contributed by atoms with Gasteiger partial charge in [-0.3, -0.25) is 0 Å². The topological polar surface area (TPSA) is 35.5 Å². The van der Waals surface area contributed by atoms with E-state index in [1.165, 1.54) is 12.5 Å². The molecule has 1 aliphatic carbocycles. The van der Waals surface area contributed by atoms with Gasteiger partial charge in [-0.25, -0.2) is 4.39 Å². The van der Waals surface area contributed by atoms with Crippen molar-refractivity contribution in [2.45, 2.75) is 38.8 Å². The molecule has 1 aromatic rings. The predicted octanol–water partition coefficient (Wildman–Crippen LogP) is 2.29. The Kier molecular flexibility index (Phi) is 5.16. The van der Waals surface area contributed by atoms with E-state index in [1.807, 2.05) is 13.0 Å². The third-order valence-corrected chi connectivity index (χ3v) is 3.77. The summed E-state index contributed by atoms with van der Waals surface area (Å²) in [5.74, 6) is -0.200. The molecule has 0 aromatic heterocycles. The fourth-order valence-corrected chi connectivity index (χ4v) is 2.54. The minimum atomic E-state index is -0.200. The summed E-state index contributed by atoms with van der Waals surface area (Å²) in [5, 5.41) is 12.5. The summed E-state index contributed by atoms with van der Waals surface area (Å²) in [6.45, 7) is 4.32. The van der Waals surface area contributed by atoms with Crippen LogP contribution in [0.4, 0.5) is 10.1 Å². The van der Waals surface area contributed by atoms with Crippen molar-refractivity contribution in [2.24, 2.45) is 0 Å². The Hall–Kier alpha value is -1.13. The van der Waals surface area contributed by atoms with E-state index in [0.717, 1.165) is 30.6 Å². The van der Waals surface area contributed by atoms with Crippen molar-refractivity contribution in [2.75, 3.05) is 24.6 Å². The van der Waals surface area contributed by atoms with Crippen molar-refractivity contribution >= 4 is 5.69 Å². The van der Waals surface area contributed by atoms with Gasteiger partial charge in [0.1, 0.15) is 5.82 Å². The molecule has 0 atom stereocenters. The Balaban J connectivity index is 2.23. The Bertz CT molecular complexity index is 407. The smallest absolute Gasteiger partial charge is 0.123 e. The fourth-order valence-electron chi connectivity index (χ4n) is 2.54. The maximum atomic E-state index is 13.4. The number of nitrogens with zero attached hydrogens (tertiary/aromatic N) is 1. The van der Waals surface area contributed by atoms with Gasteiger partial charge in [0.25, 0.3) is 0 Å². The highest BCUT2D eigenvalue weighted by molar-refractivity contribution is 5.55. The Morgan fingerprint density at radius 3 is 2.79 bits per heavy atom. The molecule has 19 heavy (non-hydrogen) atoms. The molecule has 0 radical (unpaired) electrons. The van der Waals surface area contributed by atoms with Crippen LogP contribution in [0.5, 0.6) is 0 Å². The molecule has 0 bridgehead atoms. The highest BCUT2D eigenvalue weighted by Gasteiger charge is 2.26. The molecule has 3 nitrogen and oxygen atoms in total. The normalized spacial score (nSPS) is 15.3. The number of hydrogen-bond acceptors (Lipinski definition) is 3. The van der Waals surface area contributed by atoms with Crippen LogP contribution in [0, 0.1) is 5.82 Å². The molecule has 1 aromatic carbocycles. The zero-order valence-corrected chi connectivity index (χ0v) is 11.5. The van der Waals surface area contributed by atoms with Crippen molar-refractivity contribution in [3.8, 4) is 0 Å². The Labute approximate surface area is 114 Å². The summed E-state index contributed by atoms with van der Waals surface area (Å²) in [7, 11) is 0. The second-order valence-corrected chi connectivity index (χ2v) is 5.06. The molecule has 2 N–H and O–H groups in total. The van der Waals surface area contributed by atoms with E-state index in [-0.39, 0.29) is 12.4 Å². The summed E-state index contributed by atoms with van der Waals surface area (Å²) in [6, 6.07) is 5.45. The highest BCUT2D eigenvalue weighted by atomic mass is 19.1. The standard InChI is InChI=1S/C15H23FN2O/c1-2-17-11-12-10-13(16)6-7-15(12)18(8-9-19)14-4-3-5-14/h6-7,10,14,17,19H,2-5,8-9,11H2,1H3. The number of rotatable bonds is 7. The number of aliphatic hydroxyl groups is 1. The summed E-state index contributed by atoms with van der Waals surface area (Å²) < 4.78 is 13.4. The molecule has 0 unspecified atom stereocenters. The van der Waals surface area contributed by atoms with Crippen LogP contribution in [0.3, 0.4) is 0 Å². The number of aliphatic hydroxyl groups excluding tert-OH is 1. The number of halogens is 1. The van der Waals surface area contributed by atoms with Gasteiger partial charge in [0.15, 0.2) is 0 Å². The number of hydrogen-bond donors (Lipinski definition) is 2. The van der Waals surface area contributed by atoms with Gasteiger partial charge in [0, 0.05) is 24.8 Å². The molecule has 0 amide bonds. The van der Waals surface area contributed by atoms with E-state index in [9.17, 15) is 9.50 Å². The van der Waals surface area contributed by atoms with Gasteiger partial charge in [-0.1, -0.05) is 6.92 Å². The van der Waals surface area contributed by atoms with Crippen molar-refractivity contribution in [1.29, 1.82) is 0 Å². The lowest BCUT2D eigenvalue weighted by Gasteiger charge is -2.40.